The van der Waals surface area contributed by atoms with E-state index in [4.69, 9.17) is 5.73 Å². The van der Waals surface area contributed by atoms with Gasteiger partial charge in [0.1, 0.15) is 0 Å². The summed E-state index contributed by atoms with van der Waals surface area (Å²) in [6.45, 7) is 7.83. The van der Waals surface area contributed by atoms with Crippen LogP contribution in [0.3, 0.4) is 0 Å². The molecule has 1 fully saturated rings. The van der Waals surface area contributed by atoms with E-state index in [1.165, 1.54) is 62.9 Å². The minimum atomic E-state index is 0.443. The summed E-state index contributed by atoms with van der Waals surface area (Å²) in [6.07, 6.45) is 8.81. The second kappa shape index (κ2) is 9.82. The van der Waals surface area contributed by atoms with E-state index in [0.29, 0.717) is 6.04 Å². The van der Waals surface area contributed by atoms with Crippen molar-refractivity contribution >= 4 is 11.4 Å². The first kappa shape index (κ1) is 18.1. The number of nitrogens with two attached hydrogens (primary N) is 1. The highest BCUT2D eigenvalue weighted by molar-refractivity contribution is 5.55. The van der Waals surface area contributed by atoms with Gasteiger partial charge in [-0.05, 0) is 69.2 Å². The Morgan fingerprint density at radius 2 is 1.74 bits per heavy atom. The van der Waals surface area contributed by atoms with Crippen LogP contribution in [0.15, 0.2) is 24.3 Å². The molecule has 0 aliphatic heterocycles. The molecule has 0 amide bonds. The molecule has 1 aliphatic carbocycles. The van der Waals surface area contributed by atoms with Crippen molar-refractivity contribution in [2.24, 2.45) is 11.7 Å². The maximum atomic E-state index is 5.98. The first-order valence-corrected chi connectivity index (χ1v) is 9.57. The van der Waals surface area contributed by atoms with Crippen molar-refractivity contribution in [1.82, 2.24) is 0 Å². The monoisotopic (exact) mass is 317 g/mol. The van der Waals surface area contributed by atoms with Gasteiger partial charge in [0.15, 0.2) is 0 Å². The fourth-order valence-corrected chi connectivity index (χ4v) is 3.47. The van der Waals surface area contributed by atoms with Crippen molar-refractivity contribution in [3.8, 4) is 0 Å². The van der Waals surface area contributed by atoms with Crippen LogP contribution in [0.4, 0.5) is 11.4 Å². The van der Waals surface area contributed by atoms with Crippen LogP contribution < -0.4 is 16.0 Å². The summed E-state index contributed by atoms with van der Waals surface area (Å²) in [5.41, 5.74) is 8.57. The summed E-state index contributed by atoms with van der Waals surface area (Å²) in [5.74, 6) is 0.788. The van der Waals surface area contributed by atoms with E-state index in [9.17, 15) is 0 Å². The Hall–Kier alpha value is -1.22. The molecule has 0 unspecified atom stereocenters. The average molecular weight is 318 g/mol. The Labute approximate surface area is 142 Å². The Morgan fingerprint density at radius 3 is 2.35 bits per heavy atom. The number of rotatable bonds is 9. The third kappa shape index (κ3) is 6.06. The summed E-state index contributed by atoms with van der Waals surface area (Å²) in [4.78, 5) is 2.47. The number of nitrogens with one attached hydrogen (secondary N) is 1. The summed E-state index contributed by atoms with van der Waals surface area (Å²) in [6, 6.07) is 9.42. The third-order valence-corrected chi connectivity index (χ3v) is 5.13. The molecule has 2 rings (SSSR count). The smallest absolute Gasteiger partial charge is 0.0367 e. The van der Waals surface area contributed by atoms with E-state index in [0.717, 1.165) is 19.0 Å². The molecule has 0 saturated heterocycles. The van der Waals surface area contributed by atoms with Crippen LogP contribution in [-0.4, -0.2) is 25.7 Å². The van der Waals surface area contributed by atoms with Gasteiger partial charge in [-0.3, -0.25) is 0 Å². The zero-order valence-corrected chi connectivity index (χ0v) is 15.1. The van der Waals surface area contributed by atoms with E-state index in [1.54, 1.807) is 0 Å². The molecule has 0 heterocycles. The van der Waals surface area contributed by atoms with E-state index >= 15 is 0 Å². The van der Waals surface area contributed by atoms with Gasteiger partial charge in [0.2, 0.25) is 0 Å². The minimum absolute atomic E-state index is 0.443. The Bertz CT molecular complexity index is 421. The maximum Gasteiger partial charge on any atom is 0.0367 e. The van der Waals surface area contributed by atoms with Crippen LogP contribution in [0, 0.1) is 5.92 Å². The molecular formula is C20H35N3. The van der Waals surface area contributed by atoms with Crippen molar-refractivity contribution in [3.63, 3.8) is 0 Å². The standard InChI is InChI=1S/C20H35N3/c1-3-5-6-15-23(4-2)20-13-11-19(12-14-20)22-16-17-7-9-18(21)10-8-17/h11-14,17-18,22H,3-10,15-16,21H2,1-2H3. The minimum Gasteiger partial charge on any atom is -0.385 e. The van der Waals surface area contributed by atoms with E-state index in [1.807, 2.05) is 0 Å². The number of hydrogen-bond acceptors (Lipinski definition) is 3. The molecule has 0 spiro atoms. The molecule has 3 nitrogen and oxygen atoms in total. The van der Waals surface area contributed by atoms with Crippen LogP contribution >= 0.6 is 0 Å². The maximum absolute atomic E-state index is 5.98. The van der Waals surface area contributed by atoms with Gasteiger partial charge in [-0.2, -0.15) is 0 Å². The molecule has 130 valence electrons. The predicted molar refractivity (Wildman–Crippen MR) is 102 cm³/mol. The quantitative estimate of drug-likeness (QED) is 0.652. The number of anilines is 2. The molecule has 23 heavy (non-hydrogen) atoms. The van der Waals surface area contributed by atoms with Crippen molar-refractivity contribution in [3.05, 3.63) is 24.3 Å². The number of nitrogens with zero attached hydrogens (tertiary/aromatic N) is 1. The number of benzene rings is 1. The average Bonchev–Trinajstić information content (AvgIpc) is 2.59. The lowest BCUT2D eigenvalue weighted by atomic mass is 9.86. The number of unbranched alkanes of at least 4 members (excludes halogenated alkanes) is 2. The van der Waals surface area contributed by atoms with Gasteiger partial charge in [-0.1, -0.05) is 19.8 Å². The lowest BCUT2D eigenvalue weighted by Gasteiger charge is -2.27. The third-order valence-electron chi connectivity index (χ3n) is 5.13. The Morgan fingerprint density at radius 1 is 1.04 bits per heavy atom. The largest absolute Gasteiger partial charge is 0.385 e. The molecule has 1 aromatic rings. The Balaban J connectivity index is 1.79. The molecule has 3 N–H and O–H groups in total. The summed E-state index contributed by atoms with van der Waals surface area (Å²) in [7, 11) is 0. The molecule has 0 bridgehead atoms. The van der Waals surface area contributed by atoms with Gasteiger partial charge in [0, 0.05) is 37.1 Å². The summed E-state index contributed by atoms with van der Waals surface area (Å²) in [5, 5.41) is 3.61. The van der Waals surface area contributed by atoms with Crippen LogP contribution in [0.25, 0.3) is 0 Å². The van der Waals surface area contributed by atoms with Gasteiger partial charge in [-0.15, -0.1) is 0 Å². The predicted octanol–water partition coefficient (Wildman–Crippen LogP) is 4.63. The molecule has 1 aromatic carbocycles. The van der Waals surface area contributed by atoms with E-state index < -0.39 is 0 Å². The second-order valence-electron chi connectivity index (χ2n) is 7.00. The molecule has 0 aromatic heterocycles. The van der Waals surface area contributed by atoms with Gasteiger partial charge < -0.3 is 16.0 Å². The van der Waals surface area contributed by atoms with Gasteiger partial charge in [0.25, 0.3) is 0 Å². The highest BCUT2D eigenvalue weighted by Gasteiger charge is 2.18. The van der Waals surface area contributed by atoms with E-state index in [2.05, 4.69) is 48.3 Å². The molecule has 0 radical (unpaired) electrons. The van der Waals surface area contributed by atoms with Crippen LogP contribution in [0.1, 0.15) is 58.8 Å². The second-order valence-corrected chi connectivity index (χ2v) is 7.00. The van der Waals surface area contributed by atoms with Crippen LogP contribution in [0.5, 0.6) is 0 Å². The number of hydrogen-bond donors (Lipinski definition) is 2. The highest BCUT2D eigenvalue weighted by atomic mass is 15.1. The first-order chi connectivity index (χ1) is 11.2. The van der Waals surface area contributed by atoms with Gasteiger partial charge in [0.05, 0.1) is 0 Å². The topological polar surface area (TPSA) is 41.3 Å². The van der Waals surface area contributed by atoms with Crippen molar-refractivity contribution in [2.45, 2.75) is 64.8 Å². The van der Waals surface area contributed by atoms with Crippen molar-refractivity contribution in [1.29, 1.82) is 0 Å². The van der Waals surface area contributed by atoms with Crippen LogP contribution in [0.2, 0.25) is 0 Å². The highest BCUT2D eigenvalue weighted by Crippen LogP contribution is 2.24. The van der Waals surface area contributed by atoms with Crippen molar-refractivity contribution in [2.75, 3.05) is 29.9 Å². The summed E-state index contributed by atoms with van der Waals surface area (Å²) < 4.78 is 0. The van der Waals surface area contributed by atoms with Crippen LogP contribution in [-0.2, 0) is 0 Å². The van der Waals surface area contributed by atoms with Gasteiger partial charge in [-0.25, -0.2) is 0 Å². The molecule has 0 atom stereocenters. The zero-order valence-electron chi connectivity index (χ0n) is 15.1. The first-order valence-electron chi connectivity index (χ1n) is 9.57. The molecule has 1 saturated carbocycles. The fraction of sp³-hybridized carbons (Fsp3) is 0.700. The normalized spacial score (nSPS) is 21.2. The molecular weight excluding hydrogens is 282 g/mol. The lowest BCUT2D eigenvalue weighted by Crippen LogP contribution is -2.29. The van der Waals surface area contributed by atoms with Gasteiger partial charge >= 0.3 is 0 Å². The van der Waals surface area contributed by atoms with Crippen molar-refractivity contribution < 1.29 is 0 Å². The molecule has 3 heteroatoms. The Kier molecular flexibility index (Phi) is 7.73. The summed E-state index contributed by atoms with van der Waals surface area (Å²) >= 11 is 0. The molecule has 1 aliphatic rings. The zero-order chi connectivity index (χ0) is 16.5. The lowest BCUT2D eigenvalue weighted by molar-refractivity contribution is 0.339. The van der Waals surface area contributed by atoms with E-state index in [-0.39, 0.29) is 0 Å². The fourth-order valence-electron chi connectivity index (χ4n) is 3.47. The SMILES string of the molecule is CCCCCN(CC)c1ccc(NCC2CCC(N)CC2)cc1.